The SMILES string of the molecule is O=C(NCCC(=O)N1CCN(c2ccccn2)CC1)Nc1ccccc1Br. The lowest BCUT2D eigenvalue weighted by atomic mass is 10.2. The Hall–Kier alpha value is -2.61. The molecule has 3 rings (SSSR count). The minimum Gasteiger partial charge on any atom is -0.353 e. The minimum absolute atomic E-state index is 0.0527. The smallest absolute Gasteiger partial charge is 0.319 e. The highest BCUT2D eigenvalue weighted by Gasteiger charge is 2.21. The molecule has 0 unspecified atom stereocenters. The number of pyridine rings is 1. The maximum Gasteiger partial charge on any atom is 0.319 e. The summed E-state index contributed by atoms with van der Waals surface area (Å²) in [7, 11) is 0. The third-order valence-electron chi connectivity index (χ3n) is 4.35. The van der Waals surface area contributed by atoms with Crippen LogP contribution in [-0.4, -0.2) is 54.5 Å². The van der Waals surface area contributed by atoms with Crippen molar-refractivity contribution in [3.63, 3.8) is 0 Å². The van der Waals surface area contributed by atoms with Crippen LogP contribution in [0.5, 0.6) is 0 Å². The van der Waals surface area contributed by atoms with Gasteiger partial charge in [-0.25, -0.2) is 9.78 Å². The molecule has 0 atom stereocenters. The Morgan fingerprint density at radius 1 is 1.04 bits per heavy atom. The first-order valence-corrected chi connectivity index (χ1v) is 9.66. The Morgan fingerprint density at radius 3 is 2.48 bits per heavy atom. The van der Waals surface area contributed by atoms with Gasteiger partial charge >= 0.3 is 6.03 Å². The number of piperazine rings is 1. The lowest BCUT2D eigenvalue weighted by molar-refractivity contribution is -0.131. The van der Waals surface area contributed by atoms with Crippen molar-refractivity contribution in [1.82, 2.24) is 15.2 Å². The van der Waals surface area contributed by atoms with Gasteiger partial charge in [-0.1, -0.05) is 18.2 Å². The number of hydrogen-bond donors (Lipinski definition) is 2. The Morgan fingerprint density at radius 2 is 1.78 bits per heavy atom. The molecule has 1 aliphatic rings. The van der Waals surface area contributed by atoms with Crippen molar-refractivity contribution in [3.8, 4) is 0 Å². The molecular weight excluding hydrogens is 410 g/mol. The molecule has 27 heavy (non-hydrogen) atoms. The maximum absolute atomic E-state index is 12.3. The molecular formula is C19H22BrN5O2. The predicted octanol–water partition coefficient (Wildman–Crippen LogP) is 2.70. The quantitative estimate of drug-likeness (QED) is 0.762. The lowest BCUT2D eigenvalue weighted by Gasteiger charge is -2.35. The van der Waals surface area contributed by atoms with Gasteiger partial charge in [0.1, 0.15) is 5.82 Å². The minimum atomic E-state index is -0.324. The van der Waals surface area contributed by atoms with Crippen molar-refractivity contribution >= 4 is 39.4 Å². The summed E-state index contributed by atoms with van der Waals surface area (Å²) < 4.78 is 0.807. The number of halogens is 1. The van der Waals surface area contributed by atoms with Crippen molar-refractivity contribution in [1.29, 1.82) is 0 Å². The summed E-state index contributed by atoms with van der Waals surface area (Å²) in [5.74, 6) is 0.992. The first-order chi connectivity index (χ1) is 13.1. The zero-order valence-electron chi connectivity index (χ0n) is 14.9. The molecule has 0 radical (unpaired) electrons. The third kappa shape index (κ3) is 5.43. The number of carbonyl (C=O) groups is 2. The van der Waals surface area contributed by atoms with Gasteiger partial charge in [0.2, 0.25) is 5.91 Å². The molecule has 3 amide bonds. The van der Waals surface area contributed by atoms with Crippen molar-refractivity contribution in [2.45, 2.75) is 6.42 Å². The van der Waals surface area contributed by atoms with E-state index < -0.39 is 0 Å². The molecule has 2 N–H and O–H groups in total. The van der Waals surface area contributed by atoms with E-state index in [1.54, 1.807) is 12.3 Å². The maximum atomic E-state index is 12.3. The van der Waals surface area contributed by atoms with Crippen LogP contribution < -0.4 is 15.5 Å². The second kappa shape index (κ2) is 9.36. The lowest BCUT2D eigenvalue weighted by Crippen LogP contribution is -2.49. The number of urea groups is 1. The van der Waals surface area contributed by atoms with Gasteiger partial charge in [-0.15, -0.1) is 0 Å². The number of aromatic nitrogens is 1. The summed E-state index contributed by atoms with van der Waals surface area (Å²) in [6, 6.07) is 12.9. The van der Waals surface area contributed by atoms with Crippen molar-refractivity contribution < 1.29 is 9.59 Å². The van der Waals surface area contributed by atoms with Crippen LogP contribution in [0.2, 0.25) is 0 Å². The standard InChI is InChI=1S/C19H22BrN5O2/c20-15-5-1-2-6-16(15)23-19(27)22-10-8-18(26)25-13-11-24(12-14-25)17-7-3-4-9-21-17/h1-7,9H,8,10-14H2,(H2,22,23,27). The molecule has 1 saturated heterocycles. The Bertz CT molecular complexity index is 779. The van der Waals surface area contributed by atoms with Crippen LogP contribution in [0.3, 0.4) is 0 Å². The molecule has 2 aromatic rings. The number of nitrogens with one attached hydrogen (secondary N) is 2. The number of carbonyl (C=O) groups excluding carboxylic acids is 2. The summed E-state index contributed by atoms with van der Waals surface area (Å²) in [6.07, 6.45) is 2.06. The Balaban J connectivity index is 1.37. The highest BCUT2D eigenvalue weighted by Crippen LogP contribution is 2.20. The number of para-hydroxylation sites is 1. The van der Waals surface area contributed by atoms with E-state index in [2.05, 4.69) is 36.4 Å². The van der Waals surface area contributed by atoms with Gasteiger partial charge in [-0.2, -0.15) is 0 Å². The van der Waals surface area contributed by atoms with E-state index in [4.69, 9.17) is 0 Å². The van der Waals surface area contributed by atoms with E-state index >= 15 is 0 Å². The van der Waals surface area contributed by atoms with Crippen LogP contribution in [0.1, 0.15) is 6.42 Å². The average molecular weight is 432 g/mol. The number of amides is 3. The molecule has 0 spiro atoms. The van der Waals surface area contributed by atoms with E-state index in [0.29, 0.717) is 25.3 Å². The monoisotopic (exact) mass is 431 g/mol. The number of rotatable bonds is 5. The summed E-state index contributed by atoms with van der Waals surface area (Å²) in [5.41, 5.74) is 0.687. The van der Waals surface area contributed by atoms with Gasteiger partial charge in [-0.05, 0) is 40.2 Å². The van der Waals surface area contributed by atoms with Crippen molar-refractivity contribution in [2.24, 2.45) is 0 Å². The number of hydrogen-bond acceptors (Lipinski definition) is 4. The van der Waals surface area contributed by atoms with Gasteiger partial charge in [-0.3, -0.25) is 4.79 Å². The topological polar surface area (TPSA) is 77.6 Å². The zero-order valence-corrected chi connectivity index (χ0v) is 16.5. The van der Waals surface area contributed by atoms with Crippen molar-refractivity contribution in [2.75, 3.05) is 42.9 Å². The van der Waals surface area contributed by atoms with Crippen LogP contribution in [-0.2, 0) is 4.79 Å². The molecule has 2 heterocycles. The Labute approximate surface area is 166 Å². The highest BCUT2D eigenvalue weighted by molar-refractivity contribution is 9.10. The molecule has 0 bridgehead atoms. The van der Waals surface area contributed by atoms with E-state index in [9.17, 15) is 9.59 Å². The highest BCUT2D eigenvalue weighted by atomic mass is 79.9. The summed E-state index contributed by atoms with van der Waals surface area (Å²) in [6.45, 7) is 3.16. The molecule has 1 aliphatic heterocycles. The fraction of sp³-hybridized carbons (Fsp3) is 0.316. The van der Waals surface area contributed by atoms with E-state index in [1.807, 2.05) is 41.3 Å². The molecule has 0 aliphatic carbocycles. The molecule has 7 nitrogen and oxygen atoms in total. The molecule has 8 heteroatoms. The first kappa shape index (κ1) is 19.2. The first-order valence-electron chi connectivity index (χ1n) is 8.86. The summed E-state index contributed by atoms with van der Waals surface area (Å²) >= 11 is 3.38. The normalized spacial score (nSPS) is 14.0. The predicted molar refractivity (Wildman–Crippen MR) is 109 cm³/mol. The van der Waals surface area contributed by atoms with Gasteiger partial charge in [0.15, 0.2) is 0 Å². The molecule has 1 aromatic carbocycles. The van der Waals surface area contributed by atoms with E-state index in [1.165, 1.54) is 0 Å². The molecule has 1 aromatic heterocycles. The van der Waals surface area contributed by atoms with Crippen LogP contribution in [0.15, 0.2) is 53.1 Å². The largest absolute Gasteiger partial charge is 0.353 e. The fourth-order valence-electron chi connectivity index (χ4n) is 2.90. The van der Waals surface area contributed by atoms with Gasteiger partial charge < -0.3 is 20.4 Å². The van der Waals surface area contributed by atoms with Crippen LogP contribution in [0, 0.1) is 0 Å². The average Bonchev–Trinajstić information content (AvgIpc) is 2.70. The van der Waals surface area contributed by atoms with E-state index in [0.717, 1.165) is 23.4 Å². The second-order valence-corrected chi connectivity index (χ2v) is 7.02. The zero-order chi connectivity index (χ0) is 19.1. The summed E-state index contributed by atoms with van der Waals surface area (Å²) in [4.78, 5) is 32.6. The number of benzene rings is 1. The second-order valence-electron chi connectivity index (χ2n) is 6.17. The summed E-state index contributed by atoms with van der Waals surface area (Å²) in [5, 5.41) is 5.48. The van der Waals surface area contributed by atoms with E-state index in [-0.39, 0.29) is 18.4 Å². The van der Waals surface area contributed by atoms with Crippen LogP contribution in [0.4, 0.5) is 16.3 Å². The molecule has 1 fully saturated rings. The van der Waals surface area contributed by atoms with Crippen LogP contribution >= 0.6 is 15.9 Å². The molecule has 142 valence electrons. The van der Waals surface area contributed by atoms with Gasteiger partial charge in [0, 0.05) is 49.8 Å². The van der Waals surface area contributed by atoms with Gasteiger partial charge in [0.25, 0.3) is 0 Å². The molecule has 0 saturated carbocycles. The van der Waals surface area contributed by atoms with Gasteiger partial charge in [0.05, 0.1) is 5.69 Å². The third-order valence-corrected chi connectivity index (χ3v) is 5.04. The van der Waals surface area contributed by atoms with Crippen molar-refractivity contribution in [3.05, 3.63) is 53.1 Å². The number of anilines is 2. The van der Waals surface area contributed by atoms with Crippen LogP contribution in [0.25, 0.3) is 0 Å². The Kier molecular flexibility index (Phi) is 6.64. The number of nitrogens with zero attached hydrogens (tertiary/aromatic N) is 3. The fourth-order valence-corrected chi connectivity index (χ4v) is 3.28.